The van der Waals surface area contributed by atoms with Crippen molar-refractivity contribution in [1.82, 2.24) is 10.6 Å². The summed E-state index contributed by atoms with van der Waals surface area (Å²) in [6.45, 7) is 5.08. The van der Waals surface area contributed by atoms with Crippen molar-refractivity contribution in [2.24, 2.45) is 11.3 Å². The van der Waals surface area contributed by atoms with Gasteiger partial charge >= 0.3 is 0 Å². The van der Waals surface area contributed by atoms with E-state index in [1.165, 1.54) is 25.7 Å². The smallest absolute Gasteiger partial charge is 0.224 e. The van der Waals surface area contributed by atoms with Crippen molar-refractivity contribution in [3.8, 4) is 0 Å². The lowest BCUT2D eigenvalue weighted by molar-refractivity contribution is -0.126. The van der Waals surface area contributed by atoms with E-state index in [-0.39, 0.29) is 24.2 Å². The van der Waals surface area contributed by atoms with Gasteiger partial charge in [0, 0.05) is 13.1 Å². The summed E-state index contributed by atoms with van der Waals surface area (Å²) in [6, 6.07) is 0. The first-order valence-electron chi connectivity index (χ1n) is 6.74. The molecule has 1 heterocycles. The molecule has 4 heteroatoms. The summed E-state index contributed by atoms with van der Waals surface area (Å²) >= 11 is 0. The molecule has 1 saturated carbocycles. The Morgan fingerprint density at radius 1 is 1.41 bits per heavy atom. The summed E-state index contributed by atoms with van der Waals surface area (Å²) in [4.78, 5) is 11.9. The topological polar surface area (TPSA) is 41.1 Å². The van der Waals surface area contributed by atoms with E-state index in [0.717, 1.165) is 32.5 Å². The van der Waals surface area contributed by atoms with Crippen LogP contribution in [0.1, 0.15) is 45.4 Å². The van der Waals surface area contributed by atoms with Crippen LogP contribution in [0.2, 0.25) is 0 Å². The predicted octanol–water partition coefficient (Wildman–Crippen LogP) is 2.10. The second-order valence-electron chi connectivity index (χ2n) is 5.47. The number of halogens is 1. The normalized spacial score (nSPS) is 26.5. The third kappa shape index (κ3) is 3.59. The van der Waals surface area contributed by atoms with Crippen molar-refractivity contribution in [3.63, 3.8) is 0 Å². The Morgan fingerprint density at radius 2 is 2.18 bits per heavy atom. The molecule has 0 aromatic carbocycles. The SMILES string of the molecule is CCC1(CNC(=O)[C@@H]2CCCNC2)CCC1.Cl. The predicted molar refractivity (Wildman–Crippen MR) is 72.4 cm³/mol. The second kappa shape index (κ2) is 6.60. The summed E-state index contributed by atoms with van der Waals surface area (Å²) < 4.78 is 0. The Morgan fingerprint density at radius 3 is 2.65 bits per heavy atom. The number of piperidine rings is 1. The largest absolute Gasteiger partial charge is 0.355 e. The Labute approximate surface area is 111 Å². The lowest BCUT2D eigenvalue weighted by atomic mass is 9.67. The van der Waals surface area contributed by atoms with Crippen LogP contribution in [-0.4, -0.2) is 25.5 Å². The molecule has 1 aliphatic heterocycles. The summed E-state index contributed by atoms with van der Waals surface area (Å²) in [5.41, 5.74) is 0.442. The first kappa shape index (κ1) is 14.8. The maximum Gasteiger partial charge on any atom is 0.224 e. The van der Waals surface area contributed by atoms with E-state index in [0.29, 0.717) is 5.41 Å². The van der Waals surface area contributed by atoms with Crippen LogP contribution in [0.4, 0.5) is 0 Å². The highest BCUT2D eigenvalue weighted by atomic mass is 35.5. The highest BCUT2D eigenvalue weighted by molar-refractivity contribution is 5.85. The fraction of sp³-hybridized carbons (Fsp3) is 0.923. The molecule has 0 spiro atoms. The minimum atomic E-state index is 0. The first-order chi connectivity index (χ1) is 7.76. The summed E-state index contributed by atoms with van der Waals surface area (Å²) in [6.07, 6.45) is 7.33. The van der Waals surface area contributed by atoms with Crippen molar-refractivity contribution < 1.29 is 4.79 Å². The molecule has 0 bridgehead atoms. The average Bonchev–Trinajstić information content (AvgIpc) is 2.29. The third-order valence-corrected chi connectivity index (χ3v) is 4.47. The first-order valence-corrected chi connectivity index (χ1v) is 6.74. The molecule has 3 nitrogen and oxygen atoms in total. The zero-order valence-corrected chi connectivity index (χ0v) is 11.6. The number of rotatable bonds is 4. The number of hydrogen-bond donors (Lipinski definition) is 2. The van der Waals surface area contributed by atoms with Crippen LogP contribution in [-0.2, 0) is 4.79 Å². The van der Waals surface area contributed by atoms with E-state index in [1.807, 2.05) is 0 Å². The number of nitrogens with one attached hydrogen (secondary N) is 2. The molecule has 0 unspecified atom stereocenters. The van der Waals surface area contributed by atoms with Gasteiger partial charge in [0.1, 0.15) is 0 Å². The van der Waals surface area contributed by atoms with Gasteiger partial charge in [-0.1, -0.05) is 13.3 Å². The molecule has 2 aliphatic rings. The number of carbonyl (C=O) groups is 1. The molecular weight excluding hydrogens is 236 g/mol. The van der Waals surface area contributed by atoms with Crippen LogP contribution in [0.3, 0.4) is 0 Å². The zero-order valence-electron chi connectivity index (χ0n) is 10.8. The third-order valence-electron chi connectivity index (χ3n) is 4.47. The molecule has 17 heavy (non-hydrogen) atoms. The molecule has 0 aromatic heterocycles. The van der Waals surface area contributed by atoms with Crippen LogP contribution in [0, 0.1) is 11.3 Å². The van der Waals surface area contributed by atoms with Crippen LogP contribution in [0.15, 0.2) is 0 Å². The monoisotopic (exact) mass is 260 g/mol. The highest BCUT2D eigenvalue weighted by Crippen LogP contribution is 2.43. The van der Waals surface area contributed by atoms with Crippen molar-refractivity contribution >= 4 is 18.3 Å². The highest BCUT2D eigenvalue weighted by Gasteiger charge is 2.35. The molecule has 100 valence electrons. The van der Waals surface area contributed by atoms with Crippen molar-refractivity contribution in [1.29, 1.82) is 0 Å². The van der Waals surface area contributed by atoms with Gasteiger partial charge in [0.25, 0.3) is 0 Å². The van der Waals surface area contributed by atoms with Crippen LogP contribution < -0.4 is 10.6 Å². The fourth-order valence-corrected chi connectivity index (χ4v) is 2.83. The second-order valence-corrected chi connectivity index (χ2v) is 5.47. The van der Waals surface area contributed by atoms with Gasteiger partial charge in [0.15, 0.2) is 0 Å². The molecule has 2 rings (SSSR count). The van der Waals surface area contributed by atoms with Gasteiger partial charge in [-0.25, -0.2) is 0 Å². The summed E-state index contributed by atoms with van der Waals surface area (Å²) in [7, 11) is 0. The molecule has 0 aromatic rings. The quantitative estimate of drug-likeness (QED) is 0.813. The fourth-order valence-electron chi connectivity index (χ4n) is 2.83. The van der Waals surface area contributed by atoms with Gasteiger partial charge in [0.05, 0.1) is 5.92 Å². The van der Waals surface area contributed by atoms with Crippen LogP contribution in [0.5, 0.6) is 0 Å². The summed E-state index contributed by atoms with van der Waals surface area (Å²) in [5.74, 6) is 0.481. The van der Waals surface area contributed by atoms with Crippen molar-refractivity contribution in [2.75, 3.05) is 19.6 Å². The van der Waals surface area contributed by atoms with Crippen LogP contribution in [0.25, 0.3) is 0 Å². The zero-order chi connectivity index (χ0) is 11.4. The van der Waals surface area contributed by atoms with Gasteiger partial charge in [-0.3, -0.25) is 4.79 Å². The van der Waals surface area contributed by atoms with E-state index in [4.69, 9.17) is 0 Å². The maximum absolute atomic E-state index is 11.9. The van der Waals surface area contributed by atoms with E-state index in [2.05, 4.69) is 17.6 Å². The van der Waals surface area contributed by atoms with Gasteiger partial charge < -0.3 is 10.6 Å². The van der Waals surface area contributed by atoms with E-state index in [1.54, 1.807) is 0 Å². The Balaban J connectivity index is 0.00000144. The maximum atomic E-state index is 11.9. The Bertz CT molecular complexity index is 242. The molecule has 2 fully saturated rings. The molecule has 1 saturated heterocycles. The van der Waals surface area contributed by atoms with E-state index < -0.39 is 0 Å². The van der Waals surface area contributed by atoms with E-state index in [9.17, 15) is 4.79 Å². The average molecular weight is 261 g/mol. The lowest BCUT2D eigenvalue weighted by Crippen LogP contribution is -2.46. The molecule has 1 atom stereocenters. The summed E-state index contributed by atoms with van der Waals surface area (Å²) in [5, 5.41) is 6.46. The van der Waals surface area contributed by atoms with Gasteiger partial charge in [-0.05, 0) is 44.1 Å². The molecule has 0 radical (unpaired) electrons. The molecule has 2 N–H and O–H groups in total. The molecule has 1 aliphatic carbocycles. The van der Waals surface area contributed by atoms with Gasteiger partial charge in [-0.2, -0.15) is 0 Å². The number of hydrogen-bond acceptors (Lipinski definition) is 2. The Kier molecular flexibility index (Phi) is 5.74. The van der Waals surface area contributed by atoms with Gasteiger partial charge in [-0.15, -0.1) is 12.4 Å². The van der Waals surface area contributed by atoms with Crippen molar-refractivity contribution in [2.45, 2.75) is 45.4 Å². The lowest BCUT2D eigenvalue weighted by Gasteiger charge is -2.41. The number of carbonyl (C=O) groups excluding carboxylic acids is 1. The molecular formula is C13H25ClN2O. The molecule has 1 amide bonds. The van der Waals surface area contributed by atoms with Gasteiger partial charge in [0.2, 0.25) is 5.91 Å². The van der Waals surface area contributed by atoms with E-state index >= 15 is 0 Å². The Hall–Kier alpha value is -0.280. The van der Waals surface area contributed by atoms with Crippen molar-refractivity contribution in [3.05, 3.63) is 0 Å². The van der Waals surface area contributed by atoms with Crippen LogP contribution >= 0.6 is 12.4 Å². The minimum Gasteiger partial charge on any atom is -0.355 e. The number of amides is 1. The standard InChI is InChI=1S/C13H24N2O.ClH/c1-2-13(6-4-7-13)10-15-12(16)11-5-3-8-14-9-11;/h11,14H,2-10H2,1H3,(H,15,16);1H/t11-;/m1./s1. The minimum absolute atomic E-state index is 0.